The van der Waals surface area contributed by atoms with E-state index in [0.29, 0.717) is 11.5 Å². The van der Waals surface area contributed by atoms with Crippen LogP contribution in [0.1, 0.15) is 28.9 Å². The normalized spacial score (nSPS) is 20.8. The zero-order chi connectivity index (χ0) is 14.2. The molecule has 1 aliphatic heterocycles. The Balaban J connectivity index is 1.78. The molecule has 2 aromatic heterocycles. The highest BCUT2D eigenvalue weighted by Crippen LogP contribution is 2.39. The van der Waals surface area contributed by atoms with Crippen LogP contribution in [0, 0.1) is 5.82 Å². The predicted molar refractivity (Wildman–Crippen MR) is 79.9 cm³/mol. The fraction of sp³-hybridized carbons (Fsp3) is 0.200. The molecule has 0 bridgehead atoms. The minimum absolute atomic E-state index is 0.131. The van der Waals surface area contributed by atoms with Gasteiger partial charge in [-0.25, -0.2) is 9.07 Å². The number of aromatic nitrogens is 3. The summed E-state index contributed by atoms with van der Waals surface area (Å²) in [5.41, 5.74) is 0.660. The van der Waals surface area contributed by atoms with Crippen LogP contribution in [-0.4, -0.2) is 14.8 Å². The van der Waals surface area contributed by atoms with Crippen LogP contribution < -0.4 is 5.32 Å². The molecule has 3 heterocycles. The van der Waals surface area contributed by atoms with E-state index >= 15 is 0 Å². The lowest BCUT2D eigenvalue weighted by atomic mass is 9.96. The van der Waals surface area contributed by atoms with Gasteiger partial charge in [-0.15, -0.1) is 11.3 Å². The van der Waals surface area contributed by atoms with E-state index in [1.165, 1.54) is 17.3 Å². The third-order valence-corrected chi connectivity index (χ3v) is 4.77. The van der Waals surface area contributed by atoms with E-state index < -0.39 is 0 Å². The number of anilines is 1. The first-order chi connectivity index (χ1) is 10.3. The van der Waals surface area contributed by atoms with Gasteiger partial charge in [0.2, 0.25) is 5.95 Å². The Bertz CT molecular complexity index is 753. The highest BCUT2D eigenvalue weighted by Gasteiger charge is 2.31. The second-order valence-corrected chi connectivity index (χ2v) is 5.99. The van der Waals surface area contributed by atoms with Crippen molar-refractivity contribution in [2.45, 2.75) is 18.5 Å². The fourth-order valence-corrected chi connectivity index (χ4v) is 3.59. The number of rotatable bonds is 2. The monoisotopic (exact) mass is 300 g/mol. The number of nitrogens with one attached hydrogen (secondary N) is 1. The molecular formula is C15H13FN4S. The van der Waals surface area contributed by atoms with Crippen molar-refractivity contribution in [1.29, 1.82) is 0 Å². The maximum absolute atomic E-state index is 14.2. The van der Waals surface area contributed by atoms with Crippen molar-refractivity contribution in [2.24, 2.45) is 0 Å². The van der Waals surface area contributed by atoms with Crippen molar-refractivity contribution in [3.05, 3.63) is 64.4 Å². The van der Waals surface area contributed by atoms with Gasteiger partial charge < -0.3 is 5.32 Å². The number of nitrogens with zero attached hydrogens (tertiary/aromatic N) is 3. The smallest absolute Gasteiger partial charge is 0.222 e. The molecule has 3 aromatic rings. The van der Waals surface area contributed by atoms with Crippen molar-refractivity contribution < 1.29 is 4.39 Å². The number of benzene rings is 1. The van der Waals surface area contributed by atoms with Gasteiger partial charge in [0.05, 0.1) is 12.1 Å². The molecule has 4 nitrogen and oxygen atoms in total. The largest absolute Gasteiger partial charge is 0.347 e. The lowest BCUT2D eigenvalue weighted by Crippen LogP contribution is -2.28. The molecule has 0 radical (unpaired) electrons. The molecular weight excluding hydrogens is 287 g/mol. The summed E-state index contributed by atoms with van der Waals surface area (Å²) in [6.45, 7) is 0. The van der Waals surface area contributed by atoms with Gasteiger partial charge in [-0.2, -0.15) is 10.1 Å². The average Bonchev–Trinajstić information content (AvgIpc) is 3.18. The molecule has 0 spiro atoms. The number of thiophene rings is 1. The van der Waals surface area contributed by atoms with E-state index in [-0.39, 0.29) is 17.9 Å². The van der Waals surface area contributed by atoms with E-state index in [2.05, 4.69) is 26.8 Å². The molecule has 1 aliphatic rings. The van der Waals surface area contributed by atoms with Crippen molar-refractivity contribution in [3.8, 4) is 0 Å². The van der Waals surface area contributed by atoms with Gasteiger partial charge in [-0.1, -0.05) is 24.3 Å². The van der Waals surface area contributed by atoms with E-state index in [4.69, 9.17) is 0 Å². The molecule has 4 rings (SSSR count). The number of hydrogen-bond donors (Lipinski definition) is 1. The molecule has 0 amide bonds. The molecule has 0 unspecified atom stereocenters. The number of halogens is 1. The number of hydrogen-bond acceptors (Lipinski definition) is 4. The van der Waals surface area contributed by atoms with Crippen molar-refractivity contribution >= 4 is 17.3 Å². The van der Waals surface area contributed by atoms with Gasteiger partial charge in [0.15, 0.2) is 0 Å². The summed E-state index contributed by atoms with van der Waals surface area (Å²) in [6.07, 6.45) is 2.25. The van der Waals surface area contributed by atoms with Crippen LogP contribution in [0.5, 0.6) is 0 Å². The standard InChI is InChI=1S/C15H13FN4S/c16-11-5-2-1-4-10(11)13-8-12(14-6-3-7-21-14)19-15-17-9-18-20(13)15/h1-7,9,12-13H,8H2,(H,17,18,19)/t12-,13+/m1/s1. The SMILES string of the molecule is Fc1ccccc1[C@@H]1C[C@H](c2cccs2)Nc2ncnn21. The maximum Gasteiger partial charge on any atom is 0.222 e. The molecule has 0 aliphatic carbocycles. The van der Waals surface area contributed by atoms with Gasteiger partial charge in [0.1, 0.15) is 12.1 Å². The molecule has 2 atom stereocenters. The first-order valence-electron chi connectivity index (χ1n) is 6.77. The van der Waals surface area contributed by atoms with Crippen molar-refractivity contribution in [1.82, 2.24) is 14.8 Å². The molecule has 21 heavy (non-hydrogen) atoms. The molecule has 106 valence electrons. The quantitative estimate of drug-likeness (QED) is 0.786. The third-order valence-electron chi connectivity index (χ3n) is 3.78. The lowest BCUT2D eigenvalue weighted by Gasteiger charge is -2.31. The van der Waals surface area contributed by atoms with Crippen LogP contribution in [0.3, 0.4) is 0 Å². The highest BCUT2D eigenvalue weighted by molar-refractivity contribution is 7.10. The van der Waals surface area contributed by atoms with E-state index in [1.54, 1.807) is 22.1 Å². The minimum Gasteiger partial charge on any atom is -0.347 e. The van der Waals surface area contributed by atoms with Crippen LogP contribution >= 0.6 is 11.3 Å². The summed E-state index contributed by atoms with van der Waals surface area (Å²) in [5, 5.41) is 9.68. The first-order valence-corrected chi connectivity index (χ1v) is 7.65. The Hall–Kier alpha value is -2.21. The Labute approximate surface area is 125 Å². The molecule has 1 aromatic carbocycles. The summed E-state index contributed by atoms with van der Waals surface area (Å²) in [6, 6.07) is 11.0. The highest BCUT2D eigenvalue weighted by atomic mass is 32.1. The molecule has 6 heteroatoms. The zero-order valence-corrected chi connectivity index (χ0v) is 11.9. The molecule has 1 N–H and O–H groups in total. The van der Waals surface area contributed by atoms with Gasteiger partial charge in [-0.05, 0) is 23.9 Å². The third kappa shape index (κ3) is 2.12. The summed E-state index contributed by atoms with van der Waals surface area (Å²) in [5.74, 6) is 0.490. The van der Waals surface area contributed by atoms with E-state index in [0.717, 1.165) is 6.42 Å². The molecule has 0 fully saturated rings. The Morgan fingerprint density at radius 2 is 2.14 bits per heavy atom. The maximum atomic E-state index is 14.2. The van der Waals surface area contributed by atoms with E-state index in [9.17, 15) is 4.39 Å². The van der Waals surface area contributed by atoms with Gasteiger partial charge in [0.25, 0.3) is 0 Å². The van der Waals surface area contributed by atoms with Crippen LogP contribution in [0.25, 0.3) is 0 Å². The molecule has 0 saturated heterocycles. The Morgan fingerprint density at radius 3 is 2.95 bits per heavy atom. The van der Waals surface area contributed by atoms with Crippen LogP contribution in [0.15, 0.2) is 48.1 Å². The first kappa shape index (κ1) is 12.5. The summed E-state index contributed by atoms with van der Waals surface area (Å²) >= 11 is 1.69. The summed E-state index contributed by atoms with van der Waals surface area (Å²) < 4.78 is 15.9. The van der Waals surface area contributed by atoms with Crippen molar-refractivity contribution in [3.63, 3.8) is 0 Å². The Morgan fingerprint density at radius 1 is 1.24 bits per heavy atom. The van der Waals surface area contributed by atoms with E-state index in [1.807, 2.05) is 18.2 Å². The fourth-order valence-electron chi connectivity index (χ4n) is 2.80. The number of fused-ring (bicyclic) bond motifs is 1. The Kier molecular flexibility index (Phi) is 2.96. The zero-order valence-electron chi connectivity index (χ0n) is 11.1. The second-order valence-electron chi connectivity index (χ2n) is 5.01. The average molecular weight is 300 g/mol. The van der Waals surface area contributed by atoms with Crippen LogP contribution in [0.2, 0.25) is 0 Å². The second kappa shape index (κ2) is 4.96. The lowest BCUT2D eigenvalue weighted by molar-refractivity contribution is 0.418. The van der Waals surface area contributed by atoms with Gasteiger partial charge >= 0.3 is 0 Å². The summed E-state index contributed by atoms with van der Waals surface area (Å²) in [4.78, 5) is 5.47. The molecule has 0 saturated carbocycles. The van der Waals surface area contributed by atoms with Gasteiger partial charge in [0, 0.05) is 10.4 Å². The van der Waals surface area contributed by atoms with Crippen molar-refractivity contribution in [2.75, 3.05) is 5.32 Å². The van der Waals surface area contributed by atoms with Crippen LogP contribution in [-0.2, 0) is 0 Å². The van der Waals surface area contributed by atoms with Crippen LogP contribution in [0.4, 0.5) is 10.3 Å². The topological polar surface area (TPSA) is 42.7 Å². The summed E-state index contributed by atoms with van der Waals surface area (Å²) in [7, 11) is 0. The minimum atomic E-state index is -0.198. The van der Waals surface area contributed by atoms with Gasteiger partial charge in [-0.3, -0.25) is 0 Å². The predicted octanol–water partition coefficient (Wildman–Crippen LogP) is 3.63.